The van der Waals surface area contributed by atoms with E-state index in [9.17, 15) is 14.3 Å². The fourth-order valence-corrected chi connectivity index (χ4v) is 6.47. The van der Waals surface area contributed by atoms with E-state index in [1.807, 2.05) is 25.1 Å². The first-order valence-electron chi connectivity index (χ1n) is 6.66. The summed E-state index contributed by atoms with van der Waals surface area (Å²) in [5.41, 5.74) is 0. The summed E-state index contributed by atoms with van der Waals surface area (Å²) in [5, 5.41) is 9.44. The second-order valence-corrected chi connectivity index (χ2v) is 9.93. The van der Waals surface area contributed by atoms with Crippen molar-refractivity contribution < 1.29 is 19.4 Å². The number of rotatable bonds is 10. The number of hydrogen-bond acceptors (Lipinski definition) is 5. The van der Waals surface area contributed by atoms with Crippen molar-refractivity contribution >= 4 is 34.9 Å². The SMILES string of the molecule is CC(CP(=O)(O)CCCCC(=O)O)SSc1ccccn1. The molecule has 118 valence electrons. The van der Waals surface area contributed by atoms with Crippen LogP contribution in [0.5, 0.6) is 0 Å². The average Bonchev–Trinajstić information content (AvgIpc) is 2.42. The first kappa shape index (κ1) is 18.6. The van der Waals surface area contributed by atoms with Gasteiger partial charge in [-0.3, -0.25) is 9.36 Å². The van der Waals surface area contributed by atoms with Gasteiger partial charge in [-0.2, -0.15) is 0 Å². The highest BCUT2D eigenvalue weighted by Gasteiger charge is 2.22. The number of nitrogens with zero attached hydrogens (tertiary/aromatic N) is 1. The Morgan fingerprint density at radius 3 is 2.81 bits per heavy atom. The quantitative estimate of drug-likeness (QED) is 0.378. The first-order valence-corrected chi connectivity index (χ1v) is 10.9. The smallest absolute Gasteiger partial charge is 0.303 e. The maximum Gasteiger partial charge on any atom is 0.303 e. The number of pyridine rings is 1. The van der Waals surface area contributed by atoms with Gasteiger partial charge in [0.15, 0.2) is 0 Å². The van der Waals surface area contributed by atoms with Crippen molar-refractivity contribution in [3.63, 3.8) is 0 Å². The molecule has 0 aromatic carbocycles. The van der Waals surface area contributed by atoms with Gasteiger partial charge >= 0.3 is 5.97 Å². The molecule has 0 amide bonds. The van der Waals surface area contributed by atoms with Crippen LogP contribution >= 0.6 is 29.0 Å². The second-order valence-electron chi connectivity index (χ2n) is 4.76. The molecule has 8 heteroatoms. The van der Waals surface area contributed by atoms with E-state index in [4.69, 9.17) is 5.11 Å². The van der Waals surface area contributed by atoms with Gasteiger partial charge in [0.2, 0.25) is 7.37 Å². The molecule has 0 radical (unpaired) electrons. The van der Waals surface area contributed by atoms with Gasteiger partial charge in [-0.1, -0.05) is 23.8 Å². The standard InChI is InChI=1S/C13H20NO4PS2/c1-11(20-21-12-6-2-4-8-14-12)10-19(17,18)9-5-3-7-13(15)16/h2,4,6,8,11H,3,5,7,9-10H2,1H3,(H,15,16)(H,17,18). The summed E-state index contributed by atoms with van der Waals surface area (Å²) in [4.78, 5) is 24.5. The molecule has 21 heavy (non-hydrogen) atoms. The van der Waals surface area contributed by atoms with Gasteiger partial charge in [0, 0.05) is 30.2 Å². The minimum Gasteiger partial charge on any atom is -0.481 e. The summed E-state index contributed by atoms with van der Waals surface area (Å²) in [5.74, 6) is -0.863. The summed E-state index contributed by atoms with van der Waals surface area (Å²) in [6.07, 6.45) is 3.13. The molecule has 5 nitrogen and oxygen atoms in total. The van der Waals surface area contributed by atoms with Crippen LogP contribution in [0.15, 0.2) is 29.4 Å². The lowest BCUT2D eigenvalue weighted by molar-refractivity contribution is -0.137. The largest absolute Gasteiger partial charge is 0.481 e. The molecule has 1 heterocycles. The lowest BCUT2D eigenvalue weighted by Gasteiger charge is -2.15. The Balaban J connectivity index is 2.26. The van der Waals surface area contributed by atoms with Crippen molar-refractivity contribution in [3.05, 3.63) is 24.4 Å². The maximum atomic E-state index is 12.1. The molecule has 0 spiro atoms. The third kappa shape index (κ3) is 9.19. The average molecular weight is 349 g/mol. The fourth-order valence-electron chi connectivity index (χ4n) is 1.69. The Morgan fingerprint density at radius 1 is 1.43 bits per heavy atom. The van der Waals surface area contributed by atoms with E-state index < -0.39 is 13.3 Å². The van der Waals surface area contributed by atoms with Crippen molar-refractivity contribution in [1.29, 1.82) is 0 Å². The van der Waals surface area contributed by atoms with Crippen LogP contribution in [0, 0.1) is 0 Å². The van der Waals surface area contributed by atoms with E-state index in [0.717, 1.165) is 5.03 Å². The lowest BCUT2D eigenvalue weighted by atomic mass is 10.2. The third-order valence-corrected chi connectivity index (χ3v) is 7.80. The van der Waals surface area contributed by atoms with E-state index in [2.05, 4.69) is 4.98 Å². The van der Waals surface area contributed by atoms with Crippen LogP contribution in [0.4, 0.5) is 0 Å². The Kier molecular flexibility index (Phi) is 8.41. The third-order valence-electron chi connectivity index (χ3n) is 2.63. The van der Waals surface area contributed by atoms with Crippen LogP contribution in [0.3, 0.4) is 0 Å². The monoisotopic (exact) mass is 349 g/mol. The number of aliphatic carboxylic acids is 1. The van der Waals surface area contributed by atoms with E-state index >= 15 is 0 Å². The molecule has 0 fully saturated rings. The molecule has 0 aliphatic carbocycles. The number of hydrogen-bond donors (Lipinski definition) is 2. The molecule has 0 aliphatic rings. The second kappa shape index (κ2) is 9.51. The number of carboxylic acid groups (broad SMARTS) is 1. The number of unbranched alkanes of at least 4 members (excludes halogenated alkanes) is 1. The molecule has 1 aromatic heterocycles. The van der Waals surface area contributed by atoms with Gasteiger partial charge in [-0.05, 0) is 35.8 Å². The minimum atomic E-state index is -3.18. The van der Waals surface area contributed by atoms with Crippen LogP contribution in [-0.2, 0) is 9.36 Å². The van der Waals surface area contributed by atoms with Crippen molar-refractivity contribution in [1.82, 2.24) is 4.98 Å². The predicted octanol–water partition coefficient (Wildman–Crippen LogP) is 3.74. The molecule has 2 unspecified atom stereocenters. The van der Waals surface area contributed by atoms with Crippen LogP contribution in [0.25, 0.3) is 0 Å². The van der Waals surface area contributed by atoms with Crippen LogP contribution < -0.4 is 0 Å². The van der Waals surface area contributed by atoms with E-state index in [1.54, 1.807) is 6.20 Å². The number of aromatic nitrogens is 1. The Bertz CT molecular complexity index is 486. The highest BCUT2D eigenvalue weighted by atomic mass is 33.1. The molecular weight excluding hydrogens is 329 g/mol. The molecule has 1 aromatic rings. The van der Waals surface area contributed by atoms with E-state index in [0.29, 0.717) is 12.8 Å². The Hall–Kier alpha value is -0.490. The molecule has 1 rings (SSSR count). The Labute approximate surface area is 132 Å². The first-order chi connectivity index (χ1) is 9.89. The lowest BCUT2D eigenvalue weighted by Crippen LogP contribution is -2.06. The fraction of sp³-hybridized carbons (Fsp3) is 0.538. The van der Waals surface area contributed by atoms with Crippen molar-refractivity contribution in [2.24, 2.45) is 0 Å². The number of carboxylic acids is 1. The van der Waals surface area contributed by atoms with Gasteiger partial charge in [-0.15, -0.1) is 0 Å². The maximum absolute atomic E-state index is 12.1. The highest BCUT2D eigenvalue weighted by Crippen LogP contribution is 2.46. The zero-order chi connectivity index (χ0) is 15.7. The van der Waals surface area contributed by atoms with Gasteiger partial charge in [0.05, 0.1) is 0 Å². The zero-order valence-electron chi connectivity index (χ0n) is 11.8. The van der Waals surface area contributed by atoms with Crippen LogP contribution in [0.1, 0.15) is 26.2 Å². The summed E-state index contributed by atoms with van der Waals surface area (Å²) in [6.45, 7) is 1.92. The van der Waals surface area contributed by atoms with Crippen molar-refractivity contribution in [2.75, 3.05) is 12.3 Å². The zero-order valence-corrected chi connectivity index (χ0v) is 14.4. The Morgan fingerprint density at radius 2 is 2.19 bits per heavy atom. The molecule has 0 saturated carbocycles. The van der Waals surface area contributed by atoms with E-state index in [-0.39, 0.29) is 24.0 Å². The van der Waals surface area contributed by atoms with Gasteiger partial charge in [0.1, 0.15) is 5.03 Å². The summed E-state index contributed by atoms with van der Waals surface area (Å²) in [7, 11) is -0.152. The summed E-state index contributed by atoms with van der Waals surface area (Å²) < 4.78 is 12.1. The van der Waals surface area contributed by atoms with Gasteiger partial charge < -0.3 is 10.00 Å². The van der Waals surface area contributed by atoms with Crippen molar-refractivity contribution in [2.45, 2.75) is 36.5 Å². The minimum absolute atomic E-state index is 0.0345. The molecule has 0 aliphatic heterocycles. The molecule has 0 saturated heterocycles. The van der Waals surface area contributed by atoms with Gasteiger partial charge in [-0.25, -0.2) is 4.98 Å². The molecular formula is C13H20NO4PS2. The van der Waals surface area contributed by atoms with Crippen LogP contribution in [-0.4, -0.2) is 38.5 Å². The molecule has 2 N–H and O–H groups in total. The molecule has 0 bridgehead atoms. The summed E-state index contributed by atoms with van der Waals surface area (Å²) >= 11 is 0. The van der Waals surface area contributed by atoms with Crippen molar-refractivity contribution in [3.8, 4) is 0 Å². The molecule has 2 atom stereocenters. The summed E-state index contributed by atoms with van der Waals surface area (Å²) in [6, 6.07) is 5.64. The van der Waals surface area contributed by atoms with Gasteiger partial charge in [0.25, 0.3) is 0 Å². The predicted molar refractivity (Wildman–Crippen MR) is 88.2 cm³/mol. The highest BCUT2D eigenvalue weighted by molar-refractivity contribution is 8.76. The number of carbonyl (C=O) groups is 1. The normalized spacial score (nSPS) is 15.3. The van der Waals surface area contributed by atoms with E-state index in [1.165, 1.54) is 21.6 Å². The van der Waals surface area contributed by atoms with Crippen LogP contribution in [0.2, 0.25) is 0 Å². The topological polar surface area (TPSA) is 87.5 Å².